The van der Waals surface area contributed by atoms with Gasteiger partial charge in [-0.2, -0.15) is 9.97 Å². The van der Waals surface area contributed by atoms with Crippen LogP contribution in [0, 0.1) is 10.1 Å². The number of alkyl halides is 1. The fraction of sp³-hybridized carbons (Fsp3) is 0.326. The fourth-order valence-corrected chi connectivity index (χ4v) is 7.34. The molecule has 0 N–H and O–H groups in total. The highest BCUT2D eigenvalue weighted by Crippen LogP contribution is 2.44. The van der Waals surface area contributed by atoms with E-state index in [4.69, 9.17) is 40.1 Å². The molecule has 0 spiro atoms. The summed E-state index contributed by atoms with van der Waals surface area (Å²) in [5, 5.41) is 11.8. The molecule has 1 fully saturated rings. The number of benzene rings is 4. The molecule has 1 saturated heterocycles. The Morgan fingerprint density at radius 1 is 0.859 bits per heavy atom. The number of carbonyl (C=O) groups is 2. The van der Waals surface area contributed by atoms with E-state index in [0.717, 1.165) is 28.3 Å². The van der Waals surface area contributed by atoms with Crippen LogP contribution in [0.25, 0.3) is 11.2 Å². The number of nitro benzene ring substituents is 1. The van der Waals surface area contributed by atoms with Crippen LogP contribution in [0.15, 0.2) is 116 Å². The lowest BCUT2D eigenvalue weighted by Gasteiger charge is -2.37. The summed E-state index contributed by atoms with van der Waals surface area (Å²) in [5.74, 6) is -0.555. The molecule has 334 valence electrons. The van der Waals surface area contributed by atoms with E-state index in [-0.39, 0.29) is 40.1 Å². The second-order valence-corrected chi connectivity index (χ2v) is 17.1. The van der Waals surface area contributed by atoms with Crippen molar-refractivity contribution in [1.82, 2.24) is 19.5 Å². The molecule has 1 aliphatic rings. The lowest BCUT2D eigenvalue weighted by molar-refractivity contribution is -0.384. The van der Waals surface area contributed by atoms with Gasteiger partial charge in [-0.1, -0.05) is 72.8 Å². The van der Waals surface area contributed by atoms with Crippen molar-refractivity contribution in [2.45, 2.75) is 83.0 Å². The summed E-state index contributed by atoms with van der Waals surface area (Å²) in [5.41, 5.74) is -1.47. The van der Waals surface area contributed by atoms with Crippen molar-refractivity contribution in [3.8, 4) is 5.75 Å². The molecule has 4 atom stereocenters. The summed E-state index contributed by atoms with van der Waals surface area (Å²) in [6.45, 7) is 9.82. The zero-order valence-corrected chi connectivity index (χ0v) is 36.8. The molecular weight excluding hydrogens is 851 g/mol. The van der Waals surface area contributed by atoms with Crippen LogP contribution < -0.4 is 9.80 Å². The van der Waals surface area contributed by atoms with Crippen LogP contribution in [0.2, 0.25) is 5.28 Å². The largest absolute Gasteiger partial charge is 0.497 e. The van der Waals surface area contributed by atoms with E-state index in [1.165, 1.54) is 23.0 Å². The lowest BCUT2D eigenvalue weighted by atomic mass is 9.80. The summed E-state index contributed by atoms with van der Waals surface area (Å²) in [6.07, 6.45) is -6.32. The molecule has 4 aromatic carbocycles. The number of methoxy groups -OCH3 is 1. The molecule has 1 amide bonds. The highest BCUT2D eigenvalue weighted by Gasteiger charge is 2.51. The highest BCUT2D eigenvalue weighted by molar-refractivity contribution is 6.28. The SMILES string of the molecule is COc1ccc(C(OC[C@H]2O[C@@H](n3cnc4c(N(OC(C)(C)C)C(=O)OC(C)(C)C)nc(Cl)nc43)[C@@H](F)[C@H]2OC(=O)c2ccc([N+](=O)[O-])cc2)(c2ccccc2)c2ccccc2)cc1. The molecule has 0 aliphatic carbocycles. The first-order valence-electron chi connectivity index (χ1n) is 20.2. The second kappa shape index (κ2) is 18.3. The third-order valence-electron chi connectivity index (χ3n) is 9.91. The maximum absolute atomic E-state index is 17.4. The Morgan fingerprint density at radius 3 is 2.00 bits per heavy atom. The van der Waals surface area contributed by atoms with E-state index in [9.17, 15) is 19.7 Å². The van der Waals surface area contributed by atoms with Gasteiger partial charge in [0.25, 0.3) is 5.69 Å². The maximum Gasteiger partial charge on any atom is 0.440 e. The minimum absolute atomic E-state index is 0.0267. The van der Waals surface area contributed by atoms with Gasteiger partial charge in [0.05, 0.1) is 36.1 Å². The third kappa shape index (κ3) is 9.67. The number of esters is 1. The van der Waals surface area contributed by atoms with E-state index >= 15 is 4.39 Å². The zero-order chi connectivity index (χ0) is 46.0. The van der Waals surface area contributed by atoms with Gasteiger partial charge in [0, 0.05) is 12.1 Å². The van der Waals surface area contributed by atoms with Gasteiger partial charge >= 0.3 is 12.1 Å². The predicted molar refractivity (Wildman–Crippen MR) is 233 cm³/mol. The summed E-state index contributed by atoms with van der Waals surface area (Å²) in [4.78, 5) is 57.2. The first kappa shape index (κ1) is 45.5. The van der Waals surface area contributed by atoms with Crippen LogP contribution in [0.4, 0.5) is 20.7 Å². The lowest BCUT2D eigenvalue weighted by Crippen LogP contribution is -2.42. The fourth-order valence-electron chi connectivity index (χ4n) is 7.18. The van der Waals surface area contributed by atoms with Gasteiger partial charge in [0.2, 0.25) is 5.28 Å². The van der Waals surface area contributed by atoms with Crippen molar-refractivity contribution in [3.05, 3.63) is 153 Å². The Kier molecular flexibility index (Phi) is 13.0. The minimum Gasteiger partial charge on any atom is -0.497 e. The Bertz CT molecular complexity index is 2570. The average molecular weight is 897 g/mol. The number of amides is 1. The Labute approximate surface area is 372 Å². The topological polar surface area (TPSA) is 180 Å². The molecule has 64 heavy (non-hydrogen) atoms. The average Bonchev–Trinajstić information content (AvgIpc) is 3.82. The number of aromatic nitrogens is 4. The van der Waals surface area contributed by atoms with E-state index < -0.39 is 58.4 Å². The van der Waals surface area contributed by atoms with Gasteiger partial charge in [-0.25, -0.2) is 19.0 Å². The molecule has 0 unspecified atom stereocenters. The highest BCUT2D eigenvalue weighted by atomic mass is 35.5. The van der Waals surface area contributed by atoms with Crippen molar-refractivity contribution in [2.75, 3.05) is 18.8 Å². The quantitative estimate of drug-likeness (QED) is 0.0352. The number of imidazole rings is 1. The molecule has 16 nitrogen and oxygen atoms in total. The van der Waals surface area contributed by atoms with Crippen LogP contribution in [0.3, 0.4) is 0 Å². The normalized spacial score (nSPS) is 17.8. The number of fused-ring (bicyclic) bond motifs is 1. The van der Waals surface area contributed by atoms with Crippen molar-refractivity contribution in [1.29, 1.82) is 0 Å². The minimum atomic E-state index is -2.11. The predicted octanol–water partition coefficient (Wildman–Crippen LogP) is 9.34. The molecule has 0 bridgehead atoms. The Hall–Kier alpha value is -6.53. The smallest absolute Gasteiger partial charge is 0.440 e. The number of halogens is 2. The zero-order valence-electron chi connectivity index (χ0n) is 36.0. The first-order valence-corrected chi connectivity index (χ1v) is 20.5. The maximum atomic E-state index is 17.4. The van der Waals surface area contributed by atoms with E-state index in [1.54, 1.807) is 60.8 Å². The van der Waals surface area contributed by atoms with Crippen LogP contribution in [-0.2, 0) is 29.4 Å². The molecule has 6 aromatic rings. The number of hydrogen-bond acceptors (Lipinski definition) is 13. The van der Waals surface area contributed by atoms with Gasteiger partial charge in [-0.15, -0.1) is 5.06 Å². The van der Waals surface area contributed by atoms with Gasteiger partial charge < -0.3 is 23.7 Å². The summed E-state index contributed by atoms with van der Waals surface area (Å²) in [6, 6.07) is 30.9. The van der Waals surface area contributed by atoms with Crippen molar-refractivity contribution in [2.24, 2.45) is 0 Å². The number of carbonyl (C=O) groups excluding carboxylic acids is 2. The molecule has 1 aliphatic heterocycles. The number of ether oxygens (including phenoxy) is 5. The summed E-state index contributed by atoms with van der Waals surface area (Å²) < 4.78 is 49.2. The third-order valence-corrected chi connectivity index (χ3v) is 10.1. The molecule has 0 radical (unpaired) electrons. The van der Waals surface area contributed by atoms with Crippen molar-refractivity contribution in [3.63, 3.8) is 0 Å². The van der Waals surface area contributed by atoms with Crippen molar-refractivity contribution < 1.29 is 47.4 Å². The Morgan fingerprint density at radius 2 is 1.45 bits per heavy atom. The van der Waals surface area contributed by atoms with Crippen LogP contribution in [0.1, 0.15) is 74.8 Å². The molecule has 7 rings (SSSR count). The monoisotopic (exact) mass is 896 g/mol. The molecule has 3 heterocycles. The summed E-state index contributed by atoms with van der Waals surface area (Å²) in [7, 11) is 1.56. The number of hydrogen-bond donors (Lipinski definition) is 0. The molecule has 18 heteroatoms. The number of rotatable bonds is 13. The van der Waals surface area contributed by atoms with Gasteiger partial charge in [-0.3, -0.25) is 19.5 Å². The van der Waals surface area contributed by atoms with E-state index in [0.29, 0.717) is 11.3 Å². The summed E-state index contributed by atoms with van der Waals surface area (Å²) >= 11 is 6.50. The molecule has 0 saturated carbocycles. The number of hydroxylamine groups is 1. The standard InChI is InChI=1S/C46H46ClFN6O10/c1-44(2,3)63-43(56)53(64-45(4,5)6)39-36-38(50-42(47)51-39)52(27-49-36)40-35(48)37(62-41(55)28-18-22-32(23-19-28)54(57)58)34(61-40)26-60-46(29-14-10-8-11-15-29,30-16-12-9-13-17-30)31-20-24-33(59-7)25-21-31/h8-25,27,34-35,37,40H,26H2,1-7H3/t34-,35+,37+,40-/m1/s1. The number of nitro groups is 1. The van der Waals surface area contributed by atoms with Gasteiger partial charge in [0.15, 0.2) is 35.5 Å². The first-order chi connectivity index (χ1) is 30.4. The number of anilines is 1. The second-order valence-electron chi connectivity index (χ2n) is 16.8. The molecular formula is C46H46ClFN6O10. The van der Waals surface area contributed by atoms with E-state index in [2.05, 4.69) is 15.0 Å². The van der Waals surface area contributed by atoms with Gasteiger partial charge in [0.1, 0.15) is 23.1 Å². The van der Waals surface area contributed by atoms with Crippen LogP contribution >= 0.6 is 11.6 Å². The van der Waals surface area contributed by atoms with Gasteiger partial charge in [-0.05, 0) is 94.1 Å². The van der Waals surface area contributed by atoms with Crippen molar-refractivity contribution >= 4 is 46.3 Å². The Balaban J connectivity index is 1.32. The van der Waals surface area contributed by atoms with Crippen LogP contribution in [0.5, 0.6) is 5.75 Å². The van der Waals surface area contributed by atoms with Crippen LogP contribution in [-0.4, -0.2) is 79.8 Å². The van der Waals surface area contributed by atoms with E-state index in [1.807, 2.05) is 72.8 Å². The number of nitrogens with zero attached hydrogens (tertiary/aromatic N) is 6. The molecule has 2 aromatic heterocycles. The number of non-ortho nitro benzene ring substituents is 1.